The third-order valence-corrected chi connectivity index (χ3v) is 3.90. The van der Waals surface area contributed by atoms with Crippen molar-refractivity contribution in [3.05, 3.63) is 65.2 Å². The molecule has 0 saturated carbocycles. The van der Waals surface area contributed by atoms with Crippen molar-refractivity contribution in [3.8, 4) is 5.75 Å². The maximum atomic E-state index is 12.6. The quantitative estimate of drug-likeness (QED) is 0.776. The summed E-state index contributed by atoms with van der Waals surface area (Å²) < 4.78 is 11.1. The molecule has 0 aliphatic carbocycles. The van der Waals surface area contributed by atoms with Crippen molar-refractivity contribution in [1.29, 1.82) is 0 Å². The molecule has 2 aromatic carbocycles. The average molecular weight is 341 g/mol. The van der Waals surface area contributed by atoms with Crippen molar-refractivity contribution >= 4 is 5.91 Å². The second kappa shape index (κ2) is 9.23. The predicted molar refractivity (Wildman–Crippen MR) is 99.8 cm³/mol. The van der Waals surface area contributed by atoms with E-state index in [9.17, 15) is 4.79 Å². The van der Waals surface area contributed by atoms with Crippen molar-refractivity contribution < 1.29 is 14.3 Å². The predicted octanol–water partition coefficient (Wildman–Crippen LogP) is 4.36. The van der Waals surface area contributed by atoms with Crippen LogP contribution in [0, 0.1) is 5.92 Å². The van der Waals surface area contributed by atoms with Crippen LogP contribution in [0.15, 0.2) is 48.5 Å². The molecule has 1 N–H and O–H groups in total. The van der Waals surface area contributed by atoms with Crippen molar-refractivity contribution in [2.45, 2.75) is 33.4 Å². The largest absolute Gasteiger partial charge is 0.496 e. The first-order chi connectivity index (χ1) is 12.0. The molecule has 0 unspecified atom stereocenters. The third kappa shape index (κ3) is 5.61. The van der Waals surface area contributed by atoms with Gasteiger partial charge in [0.1, 0.15) is 5.75 Å². The summed E-state index contributed by atoms with van der Waals surface area (Å²) in [6.45, 7) is 7.28. The van der Waals surface area contributed by atoms with Crippen LogP contribution < -0.4 is 10.1 Å². The Morgan fingerprint density at radius 1 is 1.08 bits per heavy atom. The lowest BCUT2D eigenvalue weighted by atomic mass is 10.1. The molecule has 4 heteroatoms. The van der Waals surface area contributed by atoms with Crippen LogP contribution in [0.25, 0.3) is 0 Å². The number of carbonyl (C=O) groups excluding carboxylic acids is 1. The van der Waals surface area contributed by atoms with Crippen molar-refractivity contribution in [1.82, 2.24) is 5.32 Å². The molecule has 0 radical (unpaired) electrons. The fourth-order valence-electron chi connectivity index (χ4n) is 2.54. The van der Waals surface area contributed by atoms with Crippen LogP contribution in [0.5, 0.6) is 5.75 Å². The van der Waals surface area contributed by atoms with E-state index >= 15 is 0 Å². The summed E-state index contributed by atoms with van der Waals surface area (Å²) in [5.41, 5.74) is 2.56. The van der Waals surface area contributed by atoms with Gasteiger partial charge in [-0.05, 0) is 36.6 Å². The van der Waals surface area contributed by atoms with Crippen LogP contribution in [0.1, 0.15) is 48.3 Å². The first kappa shape index (κ1) is 19.0. The normalized spacial score (nSPS) is 12.0. The van der Waals surface area contributed by atoms with Crippen LogP contribution >= 0.6 is 0 Å². The Kier molecular flexibility index (Phi) is 7.02. The Morgan fingerprint density at radius 3 is 2.44 bits per heavy atom. The Morgan fingerprint density at radius 2 is 1.80 bits per heavy atom. The van der Waals surface area contributed by atoms with E-state index in [2.05, 4.69) is 19.2 Å². The highest BCUT2D eigenvalue weighted by Gasteiger charge is 2.14. The molecule has 0 saturated heterocycles. The lowest BCUT2D eigenvalue weighted by molar-refractivity contribution is 0.0930. The first-order valence-electron chi connectivity index (χ1n) is 8.61. The molecule has 2 aromatic rings. The zero-order valence-corrected chi connectivity index (χ0v) is 15.4. The minimum Gasteiger partial charge on any atom is -0.496 e. The van der Waals surface area contributed by atoms with Crippen molar-refractivity contribution in [2.24, 2.45) is 5.92 Å². The molecule has 0 fully saturated rings. The molecule has 4 nitrogen and oxygen atoms in total. The van der Waals surface area contributed by atoms with Gasteiger partial charge in [0, 0.05) is 17.7 Å². The van der Waals surface area contributed by atoms with Gasteiger partial charge >= 0.3 is 0 Å². The van der Waals surface area contributed by atoms with Crippen molar-refractivity contribution in [2.75, 3.05) is 13.7 Å². The smallest absolute Gasteiger partial charge is 0.251 e. The molecule has 0 aromatic heterocycles. The molecule has 0 heterocycles. The van der Waals surface area contributed by atoms with Crippen LogP contribution in [0.3, 0.4) is 0 Å². The van der Waals surface area contributed by atoms with E-state index < -0.39 is 0 Å². The van der Waals surface area contributed by atoms with Gasteiger partial charge in [-0.2, -0.15) is 0 Å². The third-order valence-electron chi connectivity index (χ3n) is 3.90. The molecular weight excluding hydrogens is 314 g/mol. The highest BCUT2D eigenvalue weighted by atomic mass is 16.5. The van der Waals surface area contributed by atoms with Gasteiger partial charge in [-0.1, -0.05) is 44.2 Å². The van der Waals surface area contributed by atoms with E-state index in [1.54, 1.807) is 13.2 Å². The zero-order valence-electron chi connectivity index (χ0n) is 15.4. The minimum absolute atomic E-state index is 0.0588. The lowest BCUT2D eigenvalue weighted by Crippen LogP contribution is -2.26. The van der Waals surface area contributed by atoms with Crippen LogP contribution in [0.2, 0.25) is 0 Å². The summed E-state index contributed by atoms with van der Waals surface area (Å²) in [6, 6.07) is 15.3. The second-order valence-corrected chi connectivity index (χ2v) is 6.54. The van der Waals surface area contributed by atoms with Gasteiger partial charge in [0.25, 0.3) is 5.91 Å². The Hall–Kier alpha value is -2.33. The summed E-state index contributed by atoms with van der Waals surface area (Å²) >= 11 is 0. The number of benzene rings is 2. The fraction of sp³-hybridized carbons (Fsp3) is 0.381. The highest BCUT2D eigenvalue weighted by molar-refractivity contribution is 5.94. The lowest BCUT2D eigenvalue weighted by Gasteiger charge is -2.16. The Bertz CT molecular complexity index is 683. The number of carbonyl (C=O) groups is 1. The maximum absolute atomic E-state index is 12.6. The summed E-state index contributed by atoms with van der Waals surface area (Å²) in [4.78, 5) is 12.6. The molecular formula is C21H27NO3. The number of hydrogen-bond donors (Lipinski definition) is 1. The molecule has 1 amide bonds. The number of methoxy groups -OCH3 is 1. The van der Waals surface area contributed by atoms with E-state index in [1.807, 2.05) is 49.4 Å². The summed E-state index contributed by atoms with van der Waals surface area (Å²) in [5.74, 6) is 1.09. The fourth-order valence-corrected chi connectivity index (χ4v) is 2.54. The standard InChI is InChI=1S/C21H27NO3/c1-15(2)13-25-14-19-12-18(10-11-20(19)24-4)21(23)22-16(3)17-8-6-5-7-9-17/h5-12,15-16H,13-14H2,1-4H3,(H,22,23)/t16-/m1/s1. The number of hydrogen-bond acceptors (Lipinski definition) is 3. The molecule has 0 aliphatic heterocycles. The molecule has 0 spiro atoms. The highest BCUT2D eigenvalue weighted by Crippen LogP contribution is 2.22. The summed E-state index contributed by atoms with van der Waals surface area (Å²) in [7, 11) is 1.62. The van der Waals surface area contributed by atoms with Gasteiger partial charge in [-0.15, -0.1) is 0 Å². The van der Waals surface area contributed by atoms with E-state index in [-0.39, 0.29) is 11.9 Å². The van der Waals surface area contributed by atoms with E-state index in [0.717, 1.165) is 16.9 Å². The number of amides is 1. The first-order valence-corrected chi connectivity index (χ1v) is 8.61. The van der Waals surface area contributed by atoms with Crippen LogP contribution in [-0.4, -0.2) is 19.6 Å². The van der Waals surface area contributed by atoms with E-state index in [4.69, 9.17) is 9.47 Å². The topological polar surface area (TPSA) is 47.6 Å². The van der Waals surface area contributed by atoms with Gasteiger partial charge in [0.05, 0.1) is 19.8 Å². The second-order valence-electron chi connectivity index (χ2n) is 6.54. The monoisotopic (exact) mass is 341 g/mol. The van der Waals surface area contributed by atoms with E-state index in [0.29, 0.717) is 24.7 Å². The maximum Gasteiger partial charge on any atom is 0.251 e. The molecule has 1 atom stereocenters. The SMILES string of the molecule is COc1ccc(C(=O)N[C@H](C)c2ccccc2)cc1COCC(C)C. The Balaban J connectivity index is 2.08. The summed E-state index contributed by atoms with van der Waals surface area (Å²) in [6.07, 6.45) is 0. The van der Waals surface area contributed by atoms with E-state index in [1.165, 1.54) is 0 Å². The zero-order chi connectivity index (χ0) is 18.2. The van der Waals surface area contributed by atoms with Crippen LogP contribution in [0.4, 0.5) is 0 Å². The number of ether oxygens (including phenoxy) is 2. The van der Waals surface area contributed by atoms with Gasteiger partial charge < -0.3 is 14.8 Å². The molecule has 0 bridgehead atoms. The van der Waals surface area contributed by atoms with Gasteiger partial charge in [-0.3, -0.25) is 4.79 Å². The summed E-state index contributed by atoms with van der Waals surface area (Å²) in [5, 5.41) is 3.03. The molecule has 0 aliphatic rings. The average Bonchev–Trinajstić information content (AvgIpc) is 2.62. The Labute approximate surface area is 150 Å². The van der Waals surface area contributed by atoms with Gasteiger partial charge in [0.15, 0.2) is 0 Å². The van der Waals surface area contributed by atoms with Crippen molar-refractivity contribution in [3.63, 3.8) is 0 Å². The number of nitrogens with one attached hydrogen (secondary N) is 1. The molecule has 134 valence electrons. The number of rotatable bonds is 8. The molecule has 2 rings (SSSR count). The van der Waals surface area contributed by atoms with Gasteiger partial charge in [-0.25, -0.2) is 0 Å². The van der Waals surface area contributed by atoms with Gasteiger partial charge in [0.2, 0.25) is 0 Å². The molecule has 25 heavy (non-hydrogen) atoms. The van der Waals surface area contributed by atoms with Crippen LogP contribution in [-0.2, 0) is 11.3 Å². The minimum atomic E-state index is -0.107.